The van der Waals surface area contributed by atoms with Gasteiger partial charge in [-0.3, -0.25) is 0 Å². The number of methoxy groups -OCH3 is 1. The molecular formula is C10H8N2O3. The Labute approximate surface area is 86.2 Å². The molecule has 76 valence electrons. The van der Waals surface area contributed by atoms with Gasteiger partial charge in [0, 0.05) is 0 Å². The van der Waals surface area contributed by atoms with Crippen molar-refractivity contribution in [2.45, 2.75) is 6.54 Å². The molecule has 1 rings (SSSR count). The molecule has 0 atom stereocenters. The predicted octanol–water partition coefficient (Wildman–Crippen LogP) is 1.11. The summed E-state index contributed by atoms with van der Waals surface area (Å²) in [5.41, 5.74) is 0.690. The average Bonchev–Trinajstić information content (AvgIpc) is 2.27. The first kappa shape index (κ1) is 10.8. The third kappa shape index (κ3) is 2.33. The van der Waals surface area contributed by atoms with Crippen molar-refractivity contribution < 1.29 is 14.6 Å². The number of carbonyl (C=O) groups excluding carboxylic acids is 1. The van der Waals surface area contributed by atoms with Crippen LogP contribution in [0.15, 0.2) is 17.1 Å². The fourth-order valence-electron chi connectivity index (χ4n) is 1.12. The number of nitriles is 1. The second-order valence-electron chi connectivity index (χ2n) is 2.71. The fraction of sp³-hybridized carbons (Fsp3) is 0.200. The van der Waals surface area contributed by atoms with Crippen LogP contribution in [0.5, 0.6) is 11.5 Å². The topological polar surface area (TPSA) is 82.7 Å². The van der Waals surface area contributed by atoms with E-state index >= 15 is 0 Å². The summed E-state index contributed by atoms with van der Waals surface area (Å²) in [5.74, 6) is -0.0241. The predicted molar refractivity (Wildman–Crippen MR) is 51.2 cm³/mol. The molecule has 0 aliphatic carbocycles. The zero-order valence-electron chi connectivity index (χ0n) is 8.02. The first-order chi connectivity index (χ1) is 7.22. The van der Waals surface area contributed by atoms with Crippen molar-refractivity contribution in [3.05, 3.63) is 23.3 Å². The smallest absolute Gasteiger partial charge is 0.235 e. The summed E-state index contributed by atoms with van der Waals surface area (Å²) in [5, 5.41) is 18.2. The van der Waals surface area contributed by atoms with Gasteiger partial charge in [-0.1, -0.05) is 0 Å². The molecule has 5 nitrogen and oxygen atoms in total. The lowest BCUT2D eigenvalue weighted by molar-refractivity contribution is 0.372. The summed E-state index contributed by atoms with van der Waals surface area (Å²) in [7, 11) is 1.38. The molecule has 15 heavy (non-hydrogen) atoms. The van der Waals surface area contributed by atoms with E-state index in [0.29, 0.717) is 5.56 Å². The largest absolute Gasteiger partial charge is 0.503 e. The van der Waals surface area contributed by atoms with Crippen molar-refractivity contribution in [1.29, 1.82) is 5.26 Å². The molecule has 0 amide bonds. The average molecular weight is 204 g/mol. The highest BCUT2D eigenvalue weighted by molar-refractivity contribution is 5.54. The number of isocyanates is 1. The number of nitrogens with zero attached hydrogens (tertiary/aromatic N) is 2. The molecule has 0 aliphatic heterocycles. The lowest BCUT2D eigenvalue weighted by atomic mass is 10.1. The number of hydrogen-bond donors (Lipinski definition) is 1. The van der Waals surface area contributed by atoms with Gasteiger partial charge in [0.1, 0.15) is 6.07 Å². The highest BCUT2D eigenvalue weighted by Gasteiger charge is 2.09. The monoisotopic (exact) mass is 204 g/mol. The molecule has 0 saturated heterocycles. The molecule has 1 aromatic rings. The lowest BCUT2D eigenvalue weighted by Gasteiger charge is -2.06. The Morgan fingerprint density at radius 2 is 2.33 bits per heavy atom. The van der Waals surface area contributed by atoms with Gasteiger partial charge < -0.3 is 9.84 Å². The van der Waals surface area contributed by atoms with E-state index < -0.39 is 0 Å². The van der Waals surface area contributed by atoms with E-state index in [2.05, 4.69) is 4.99 Å². The van der Waals surface area contributed by atoms with Crippen LogP contribution in [0.2, 0.25) is 0 Å². The van der Waals surface area contributed by atoms with E-state index in [0.717, 1.165) is 0 Å². The molecule has 0 spiro atoms. The molecular weight excluding hydrogens is 196 g/mol. The summed E-state index contributed by atoms with van der Waals surface area (Å²) in [6.07, 6.45) is 1.39. The van der Waals surface area contributed by atoms with Crippen molar-refractivity contribution in [2.75, 3.05) is 7.11 Å². The van der Waals surface area contributed by atoms with Crippen molar-refractivity contribution >= 4 is 6.08 Å². The van der Waals surface area contributed by atoms with Gasteiger partial charge in [0.25, 0.3) is 0 Å². The summed E-state index contributed by atoms with van der Waals surface area (Å²) >= 11 is 0. The van der Waals surface area contributed by atoms with Gasteiger partial charge in [0.05, 0.1) is 19.2 Å². The number of aliphatic imine (C=N–C) groups is 1. The maximum Gasteiger partial charge on any atom is 0.235 e. The molecule has 1 aromatic carbocycles. The molecule has 0 aromatic heterocycles. The minimum Gasteiger partial charge on any atom is -0.503 e. The van der Waals surface area contributed by atoms with Crippen molar-refractivity contribution in [2.24, 2.45) is 4.99 Å². The summed E-state index contributed by atoms with van der Waals surface area (Å²) in [4.78, 5) is 13.3. The van der Waals surface area contributed by atoms with Crippen LogP contribution in [0.3, 0.4) is 0 Å². The summed E-state index contributed by atoms with van der Waals surface area (Å²) in [6, 6.07) is 4.77. The third-order valence-electron chi connectivity index (χ3n) is 1.80. The number of benzene rings is 1. The van der Waals surface area contributed by atoms with Crippen LogP contribution in [0.25, 0.3) is 0 Å². The molecule has 0 fully saturated rings. The van der Waals surface area contributed by atoms with Gasteiger partial charge >= 0.3 is 0 Å². The van der Waals surface area contributed by atoms with Crippen molar-refractivity contribution in [3.63, 3.8) is 0 Å². The Balaban J connectivity index is 3.21. The lowest BCUT2D eigenvalue weighted by Crippen LogP contribution is -1.90. The molecule has 0 aliphatic rings. The first-order valence-corrected chi connectivity index (χ1v) is 4.06. The van der Waals surface area contributed by atoms with Gasteiger partial charge in [0.15, 0.2) is 11.5 Å². The minimum atomic E-state index is -0.209. The van der Waals surface area contributed by atoms with Crippen LogP contribution in [-0.2, 0) is 11.3 Å². The molecule has 5 heteroatoms. The zero-order valence-corrected chi connectivity index (χ0v) is 8.02. The SMILES string of the molecule is COc1cc(CN=C=O)cc(C#N)c1O. The van der Waals surface area contributed by atoms with E-state index in [-0.39, 0.29) is 23.6 Å². The Kier molecular flexibility index (Phi) is 3.44. The van der Waals surface area contributed by atoms with Gasteiger partial charge in [-0.25, -0.2) is 9.79 Å². The molecule has 1 N–H and O–H groups in total. The standard InChI is InChI=1S/C10H8N2O3/c1-15-9-3-7(5-12-6-13)2-8(4-11)10(9)14/h2-3,14H,5H2,1H3. The van der Waals surface area contributed by atoms with Crippen LogP contribution in [0.1, 0.15) is 11.1 Å². The second kappa shape index (κ2) is 4.80. The van der Waals surface area contributed by atoms with E-state index in [9.17, 15) is 9.90 Å². The maximum absolute atomic E-state index is 9.92. The van der Waals surface area contributed by atoms with E-state index in [1.54, 1.807) is 0 Å². The highest BCUT2D eigenvalue weighted by Crippen LogP contribution is 2.31. The van der Waals surface area contributed by atoms with Crippen LogP contribution in [-0.4, -0.2) is 18.3 Å². The zero-order chi connectivity index (χ0) is 11.3. The molecule has 0 radical (unpaired) electrons. The van der Waals surface area contributed by atoms with Gasteiger partial charge in [-0.05, 0) is 17.7 Å². The molecule has 0 unspecified atom stereocenters. The van der Waals surface area contributed by atoms with Crippen LogP contribution < -0.4 is 4.74 Å². The van der Waals surface area contributed by atoms with E-state index in [1.165, 1.54) is 25.3 Å². The Hall–Kier alpha value is -2.31. The molecule has 0 heterocycles. The maximum atomic E-state index is 9.92. The Bertz CT molecular complexity index is 456. The normalized spacial score (nSPS) is 8.80. The van der Waals surface area contributed by atoms with Gasteiger partial charge in [0.2, 0.25) is 6.08 Å². The summed E-state index contributed by atoms with van der Waals surface area (Å²) < 4.78 is 4.87. The molecule has 0 saturated carbocycles. The number of hydrogen-bond acceptors (Lipinski definition) is 5. The van der Waals surface area contributed by atoms with Crippen molar-refractivity contribution in [1.82, 2.24) is 0 Å². The number of rotatable bonds is 3. The second-order valence-corrected chi connectivity index (χ2v) is 2.71. The van der Waals surface area contributed by atoms with Gasteiger partial charge in [-0.15, -0.1) is 0 Å². The quantitative estimate of drug-likeness (QED) is 0.590. The minimum absolute atomic E-state index is 0.0884. The third-order valence-corrected chi connectivity index (χ3v) is 1.80. The van der Waals surface area contributed by atoms with E-state index in [4.69, 9.17) is 10.00 Å². The summed E-state index contributed by atoms with van der Waals surface area (Å²) in [6.45, 7) is 0.106. The van der Waals surface area contributed by atoms with Gasteiger partial charge in [-0.2, -0.15) is 5.26 Å². The van der Waals surface area contributed by atoms with E-state index in [1.807, 2.05) is 6.07 Å². The number of phenols is 1. The first-order valence-electron chi connectivity index (χ1n) is 4.06. The van der Waals surface area contributed by atoms with Crippen LogP contribution >= 0.6 is 0 Å². The number of ether oxygens (including phenoxy) is 1. The Morgan fingerprint density at radius 1 is 1.60 bits per heavy atom. The fourth-order valence-corrected chi connectivity index (χ4v) is 1.12. The Morgan fingerprint density at radius 3 is 2.87 bits per heavy atom. The molecule has 0 bridgehead atoms. The van der Waals surface area contributed by atoms with Crippen LogP contribution in [0, 0.1) is 11.3 Å². The van der Waals surface area contributed by atoms with Crippen molar-refractivity contribution in [3.8, 4) is 17.6 Å². The van der Waals surface area contributed by atoms with Crippen LogP contribution in [0.4, 0.5) is 0 Å². The highest BCUT2D eigenvalue weighted by atomic mass is 16.5. The number of phenolic OH excluding ortho intramolecular Hbond substituents is 1. The number of aromatic hydroxyl groups is 1.